The molecule has 0 aromatic heterocycles. The van der Waals surface area contributed by atoms with E-state index in [2.05, 4.69) is 30.7 Å². The first-order chi connectivity index (χ1) is 21.4. The zero-order chi connectivity index (χ0) is 34.7. The van der Waals surface area contributed by atoms with Gasteiger partial charge in [-0.2, -0.15) is 0 Å². The molecule has 5 N–H and O–H groups in total. The molecule has 46 heavy (non-hydrogen) atoms. The van der Waals surface area contributed by atoms with Crippen molar-refractivity contribution in [3.8, 4) is 0 Å². The molecule has 4 amide bonds. The van der Waals surface area contributed by atoms with Crippen molar-refractivity contribution in [2.45, 2.75) is 120 Å². The number of nitrogens with zero attached hydrogens (tertiary/aromatic N) is 1. The predicted molar refractivity (Wildman–Crippen MR) is 172 cm³/mol. The summed E-state index contributed by atoms with van der Waals surface area (Å²) in [6.07, 6.45) is 4.56. The van der Waals surface area contributed by atoms with Crippen molar-refractivity contribution in [2.24, 2.45) is 17.8 Å². The minimum Gasteiger partial charge on any atom is -0.444 e. The normalized spacial score (nSPS) is 27.0. The first kappa shape index (κ1) is 37.5. The van der Waals surface area contributed by atoms with Crippen LogP contribution in [0.5, 0.6) is 0 Å². The lowest BCUT2D eigenvalue weighted by Crippen LogP contribution is -2.60. The minimum atomic E-state index is -4.22. The fourth-order valence-corrected chi connectivity index (χ4v) is 7.64. The molecule has 3 aliphatic rings. The Kier molecular flexibility index (Phi) is 11.8. The van der Waals surface area contributed by atoms with Gasteiger partial charge >= 0.3 is 6.09 Å². The quantitative estimate of drug-likeness (QED) is 0.153. The van der Waals surface area contributed by atoms with Crippen LogP contribution in [0.1, 0.15) is 86.0 Å². The number of aliphatic hydroxyl groups is 2. The van der Waals surface area contributed by atoms with E-state index in [1.54, 1.807) is 20.8 Å². The molecule has 0 bridgehead atoms. The molecule has 7 atom stereocenters. The molecule has 1 heterocycles. The van der Waals surface area contributed by atoms with Crippen molar-refractivity contribution in [1.82, 2.24) is 20.3 Å². The number of β-amino-alcohol motifs (C(OH)–C–C–N with tert-alkyl or cyclic N) is 1. The van der Waals surface area contributed by atoms with Gasteiger partial charge in [-0.1, -0.05) is 32.4 Å². The number of ether oxygens (including phenoxy) is 1. The number of alkyl carbamates (subject to hydrolysis) is 1. The van der Waals surface area contributed by atoms with Gasteiger partial charge in [0, 0.05) is 18.9 Å². The maximum Gasteiger partial charge on any atom is 0.408 e. The number of likely N-dealkylation sites (tertiary alicyclic amines) is 1. The molecule has 0 unspecified atom stereocenters. The number of aliphatic hydroxyl groups excluding tert-OH is 2. The van der Waals surface area contributed by atoms with Crippen LogP contribution in [0, 0.1) is 17.8 Å². The van der Waals surface area contributed by atoms with Gasteiger partial charge in [0.25, 0.3) is 5.91 Å². The van der Waals surface area contributed by atoms with Gasteiger partial charge in [0.1, 0.15) is 28.0 Å². The fraction of sp³-hybridized carbons (Fsp3) is 0.750. The van der Waals surface area contributed by atoms with E-state index >= 15 is 0 Å². The van der Waals surface area contributed by atoms with E-state index in [9.17, 15) is 37.8 Å². The molecular formula is C32H52N4O9S. The Morgan fingerprint density at radius 3 is 2.33 bits per heavy atom. The molecule has 0 aromatic carbocycles. The number of carbonyl (C=O) groups excluding carboxylic acids is 4. The number of hydrogen-bond donors (Lipinski definition) is 5. The Bertz CT molecular complexity index is 1290. The van der Waals surface area contributed by atoms with Crippen molar-refractivity contribution >= 4 is 33.8 Å². The van der Waals surface area contributed by atoms with Crippen LogP contribution in [-0.2, 0) is 29.1 Å². The molecule has 0 aromatic rings. The van der Waals surface area contributed by atoms with Crippen molar-refractivity contribution < 1.29 is 42.5 Å². The number of amides is 4. The second kappa shape index (κ2) is 14.4. The lowest BCUT2D eigenvalue weighted by atomic mass is 9.85. The maximum atomic E-state index is 14.2. The van der Waals surface area contributed by atoms with Gasteiger partial charge in [-0.25, -0.2) is 13.2 Å². The van der Waals surface area contributed by atoms with Crippen LogP contribution in [0.2, 0.25) is 0 Å². The standard InChI is InChI=1S/C32H52N4O9S/c1-8-11-12-20(4)15-21(9-2)25(33-29(42)45-30(5,6)7)27(40)36-18-23(38)16-24(36)26(39)34-32(17-22(32)10-3)28(41)35-46(43,44)31(19-37)13-14-31/h8,10,20-25,37-38H,1,3,9,11-19H2,2,4-7H3,(H,33,42)(H,34,39)(H,35,41)/t20-,21-,22-,23-,24+,25+,32-/m1/s1. The highest BCUT2D eigenvalue weighted by molar-refractivity contribution is 7.91. The molecule has 0 radical (unpaired) electrons. The Hall–Kier alpha value is -2.97. The number of hydrogen-bond acceptors (Lipinski definition) is 9. The van der Waals surface area contributed by atoms with Gasteiger partial charge < -0.3 is 30.5 Å². The third kappa shape index (κ3) is 8.48. The molecular weight excluding hydrogens is 616 g/mol. The predicted octanol–water partition coefficient (Wildman–Crippen LogP) is 1.89. The van der Waals surface area contributed by atoms with E-state index in [1.165, 1.54) is 11.0 Å². The topological polar surface area (TPSA) is 191 Å². The maximum absolute atomic E-state index is 14.2. The molecule has 1 aliphatic heterocycles. The molecule has 0 spiro atoms. The van der Waals surface area contributed by atoms with Gasteiger partial charge in [-0.3, -0.25) is 19.1 Å². The highest BCUT2D eigenvalue weighted by Crippen LogP contribution is 2.47. The van der Waals surface area contributed by atoms with E-state index < -0.39 is 80.4 Å². The zero-order valence-corrected chi connectivity index (χ0v) is 28.5. The molecule has 1 saturated heterocycles. The van der Waals surface area contributed by atoms with Gasteiger partial charge in [-0.05, 0) is 71.1 Å². The number of carbonyl (C=O) groups is 4. The third-order valence-corrected chi connectivity index (χ3v) is 11.4. The van der Waals surface area contributed by atoms with Crippen molar-refractivity contribution in [1.29, 1.82) is 0 Å². The van der Waals surface area contributed by atoms with Crippen LogP contribution in [0.15, 0.2) is 25.3 Å². The van der Waals surface area contributed by atoms with Gasteiger partial charge in [-0.15, -0.1) is 13.2 Å². The lowest BCUT2D eigenvalue weighted by molar-refractivity contribution is -0.142. The highest BCUT2D eigenvalue weighted by atomic mass is 32.2. The van der Waals surface area contributed by atoms with E-state index in [-0.39, 0.29) is 44.1 Å². The summed E-state index contributed by atoms with van der Waals surface area (Å²) in [6.45, 7) is 15.7. The van der Waals surface area contributed by atoms with Crippen LogP contribution in [0.4, 0.5) is 4.79 Å². The average molecular weight is 669 g/mol. The summed E-state index contributed by atoms with van der Waals surface area (Å²) in [4.78, 5) is 55.5. The molecule has 260 valence electrons. The SMILES string of the molecule is C=CCC[C@@H](C)C[C@@H](CC)[C@H](NC(=O)OC(C)(C)C)C(=O)N1C[C@H](O)C[C@H]1C(=O)N[C@]1(C(=O)NS(=O)(=O)C2(CO)CC2)C[C@H]1C=C. The summed E-state index contributed by atoms with van der Waals surface area (Å²) in [5, 5.41) is 25.6. The van der Waals surface area contributed by atoms with Crippen LogP contribution in [0.3, 0.4) is 0 Å². The van der Waals surface area contributed by atoms with Crippen molar-refractivity contribution in [3.63, 3.8) is 0 Å². The van der Waals surface area contributed by atoms with Gasteiger partial charge in [0.05, 0.1) is 12.7 Å². The second-order valence-electron chi connectivity index (χ2n) is 14.2. The number of rotatable bonds is 16. The van der Waals surface area contributed by atoms with E-state index in [1.807, 2.05) is 17.7 Å². The van der Waals surface area contributed by atoms with Crippen LogP contribution < -0.4 is 15.4 Å². The van der Waals surface area contributed by atoms with E-state index in [0.29, 0.717) is 12.8 Å². The number of sulfonamides is 1. The third-order valence-electron chi connectivity index (χ3n) is 9.31. The molecule has 2 saturated carbocycles. The first-order valence-electron chi connectivity index (χ1n) is 16.1. The van der Waals surface area contributed by atoms with Gasteiger partial charge in [0.2, 0.25) is 21.8 Å². The summed E-state index contributed by atoms with van der Waals surface area (Å²) >= 11 is 0. The molecule has 3 fully saturated rings. The molecule has 2 aliphatic carbocycles. The van der Waals surface area contributed by atoms with Crippen molar-refractivity contribution in [2.75, 3.05) is 13.2 Å². The smallest absolute Gasteiger partial charge is 0.408 e. The highest BCUT2D eigenvalue weighted by Gasteiger charge is 2.63. The molecule has 3 rings (SSSR count). The Morgan fingerprint density at radius 1 is 1.17 bits per heavy atom. The van der Waals surface area contributed by atoms with Crippen LogP contribution in [-0.4, -0.2) is 94.6 Å². The van der Waals surface area contributed by atoms with Crippen LogP contribution >= 0.6 is 0 Å². The summed E-state index contributed by atoms with van der Waals surface area (Å²) in [5.74, 6) is -2.96. The Balaban J connectivity index is 1.85. The summed E-state index contributed by atoms with van der Waals surface area (Å²) in [7, 11) is -4.22. The fourth-order valence-electron chi connectivity index (χ4n) is 6.19. The summed E-state index contributed by atoms with van der Waals surface area (Å²) < 4.78 is 31.8. The molecule has 13 nitrogen and oxygen atoms in total. The van der Waals surface area contributed by atoms with E-state index in [4.69, 9.17) is 4.74 Å². The minimum absolute atomic E-state index is 0.0856. The van der Waals surface area contributed by atoms with Crippen LogP contribution in [0.25, 0.3) is 0 Å². The second-order valence-corrected chi connectivity index (χ2v) is 16.3. The monoisotopic (exact) mass is 668 g/mol. The number of nitrogens with one attached hydrogen (secondary N) is 3. The van der Waals surface area contributed by atoms with E-state index in [0.717, 1.165) is 12.8 Å². The van der Waals surface area contributed by atoms with Gasteiger partial charge in [0.15, 0.2) is 0 Å². The Morgan fingerprint density at radius 2 is 1.83 bits per heavy atom. The van der Waals surface area contributed by atoms with Crippen molar-refractivity contribution in [3.05, 3.63) is 25.3 Å². The number of allylic oxidation sites excluding steroid dienone is 1. The zero-order valence-electron chi connectivity index (χ0n) is 27.7. The average Bonchev–Trinajstić information content (AvgIpc) is 3.88. The lowest BCUT2D eigenvalue weighted by Gasteiger charge is -2.34. The largest absolute Gasteiger partial charge is 0.444 e. The summed E-state index contributed by atoms with van der Waals surface area (Å²) in [5.41, 5.74) is -2.45. The first-order valence-corrected chi connectivity index (χ1v) is 17.6. The Labute approximate surface area is 272 Å². The molecule has 14 heteroatoms. The summed E-state index contributed by atoms with van der Waals surface area (Å²) in [6, 6.07) is -2.26.